The summed E-state index contributed by atoms with van der Waals surface area (Å²) in [7, 11) is -2.50. The third-order valence-corrected chi connectivity index (χ3v) is 1.94. The van der Waals surface area contributed by atoms with E-state index in [0.29, 0.717) is 13.2 Å². The first kappa shape index (κ1) is 11.3. The van der Waals surface area contributed by atoms with Gasteiger partial charge in [0.05, 0.1) is 13.2 Å². The Morgan fingerprint density at radius 2 is 1.93 bits per heavy atom. The summed E-state index contributed by atoms with van der Waals surface area (Å²) in [5, 5.41) is 0. The average molecular weight is 215 g/mol. The highest BCUT2D eigenvalue weighted by Gasteiger charge is 2.10. The lowest BCUT2D eigenvalue weighted by molar-refractivity contribution is 0.0876. The van der Waals surface area contributed by atoms with Gasteiger partial charge in [-0.2, -0.15) is 0 Å². The zero-order chi connectivity index (χ0) is 10.2. The lowest BCUT2D eigenvalue weighted by Gasteiger charge is -2.00. The summed E-state index contributed by atoms with van der Waals surface area (Å²) in [6, 6.07) is 9.70. The number of benzene rings is 1. The molecule has 1 aromatic carbocycles. The summed E-state index contributed by atoms with van der Waals surface area (Å²) in [6.45, 7) is 0.946. The van der Waals surface area contributed by atoms with E-state index in [4.69, 9.17) is 9.63 Å². The summed E-state index contributed by atoms with van der Waals surface area (Å²) in [6.07, 6.45) is 0. The minimum Gasteiger partial charge on any atom is -0.374 e. The molecule has 0 aliphatic heterocycles. The van der Waals surface area contributed by atoms with Gasteiger partial charge in [0, 0.05) is 4.57 Å². The van der Waals surface area contributed by atoms with E-state index in [2.05, 4.69) is 4.52 Å². The van der Waals surface area contributed by atoms with Crippen LogP contribution in [0.2, 0.25) is 0 Å². The van der Waals surface area contributed by atoms with Crippen LogP contribution in [-0.2, 0) is 20.4 Å². The van der Waals surface area contributed by atoms with Crippen LogP contribution in [0.4, 0.5) is 0 Å². The van der Waals surface area contributed by atoms with E-state index in [9.17, 15) is 4.57 Å². The van der Waals surface area contributed by atoms with E-state index >= 15 is 0 Å². The number of rotatable bonds is 6. The molecule has 0 aliphatic rings. The van der Waals surface area contributed by atoms with Gasteiger partial charge in [0.2, 0.25) is 0 Å². The second-order valence-corrected chi connectivity index (χ2v) is 3.34. The molecule has 1 rings (SSSR count). The van der Waals surface area contributed by atoms with Crippen molar-refractivity contribution >= 4 is 8.25 Å². The summed E-state index contributed by atoms with van der Waals surface area (Å²) in [5.74, 6) is 0. The summed E-state index contributed by atoms with van der Waals surface area (Å²) < 4.78 is 19.7. The number of hydrogen-bond donors (Lipinski definition) is 1. The summed E-state index contributed by atoms with van der Waals surface area (Å²) in [5.41, 5.74) is 1.07. The third kappa shape index (κ3) is 5.04. The molecule has 1 atom stereocenters. The van der Waals surface area contributed by atoms with Crippen molar-refractivity contribution in [2.75, 3.05) is 13.2 Å². The predicted molar refractivity (Wildman–Crippen MR) is 51.9 cm³/mol. The fraction of sp³-hybridized carbons (Fsp3) is 0.333. The smallest absolute Gasteiger partial charge is 0.374 e. The van der Waals surface area contributed by atoms with E-state index < -0.39 is 8.25 Å². The maximum Gasteiger partial charge on any atom is 0.694 e. The van der Waals surface area contributed by atoms with E-state index in [1.165, 1.54) is 0 Å². The van der Waals surface area contributed by atoms with Crippen molar-refractivity contribution in [3.8, 4) is 0 Å². The van der Waals surface area contributed by atoms with E-state index in [-0.39, 0.29) is 6.61 Å². The van der Waals surface area contributed by atoms with E-state index in [1.807, 2.05) is 30.3 Å². The second-order valence-electron chi connectivity index (χ2n) is 2.61. The fourth-order valence-electron chi connectivity index (χ4n) is 0.939. The maximum absolute atomic E-state index is 10.1. The molecule has 0 bridgehead atoms. The van der Waals surface area contributed by atoms with Crippen molar-refractivity contribution in [3.05, 3.63) is 35.9 Å². The van der Waals surface area contributed by atoms with Gasteiger partial charge < -0.3 is 4.74 Å². The Morgan fingerprint density at radius 1 is 1.21 bits per heavy atom. The van der Waals surface area contributed by atoms with Crippen LogP contribution in [0, 0.1) is 0 Å². The predicted octanol–water partition coefficient (Wildman–Crippen LogP) is 1.87. The average Bonchev–Trinajstić information content (AvgIpc) is 2.18. The zero-order valence-corrected chi connectivity index (χ0v) is 8.52. The van der Waals surface area contributed by atoms with Crippen molar-refractivity contribution in [1.82, 2.24) is 0 Å². The maximum atomic E-state index is 10.1. The Balaban J connectivity index is 2.08. The van der Waals surface area contributed by atoms with Gasteiger partial charge in [0.15, 0.2) is 0 Å². The van der Waals surface area contributed by atoms with Crippen molar-refractivity contribution in [2.24, 2.45) is 0 Å². The monoisotopic (exact) mass is 215 g/mol. The molecule has 0 aromatic heterocycles. The van der Waals surface area contributed by atoms with Crippen LogP contribution in [0.25, 0.3) is 0 Å². The Kier molecular flexibility index (Phi) is 5.33. The zero-order valence-electron chi connectivity index (χ0n) is 7.63. The number of ether oxygens (including phenoxy) is 1. The summed E-state index contributed by atoms with van der Waals surface area (Å²) in [4.78, 5) is 8.30. The van der Waals surface area contributed by atoms with Gasteiger partial charge in [0.1, 0.15) is 6.61 Å². The second kappa shape index (κ2) is 6.62. The van der Waals surface area contributed by atoms with Crippen molar-refractivity contribution < 1.29 is 18.7 Å². The SMILES string of the molecule is O=[P+](O)OCCOCc1ccccc1. The number of hydrogen-bond acceptors (Lipinski definition) is 3. The standard InChI is InChI=1S/C9H11O4P/c10-14(11)13-7-6-12-8-9-4-2-1-3-5-9/h1-5H,6-8H2/p+1. The quantitative estimate of drug-likeness (QED) is 0.581. The topological polar surface area (TPSA) is 55.8 Å². The molecule has 0 amide bonds. The molecule has 1 aromatic rings. The molecule has 1 N–H and O–H groups in total. The highest BCUT2D eigenvalue weighted by Crippen LogP contribution is 2.13. The first-order valence-electron chi connectivity index (χ1n) is 4.20. The lowest BCUT2D eigenvalue weighted by Crippen LogP contribution is -2.00. The van der Waals surface area contributed by atoms with Crippen LogP contribution >= 0.6 is 8.25 Å². The van der Waals surface area contributed by atoms with Crippen molar-refractivity contribution in [1.29, 1.82) is 0 Å². The van der Waals surface area contributed by atoms with Crippen LogP contribution in [0.3, 0.4) is 0 Å². The van der Waals surface area contributed by atoms with Gasteiger partial charge in [-0.15, -0.1) is 9.42 Å². The Labute approximate surface area is 83.4 Å². The van der Waals surface area contributed by atoms with Crippen LogP contribution < -0.4 is 0 Å². The molecule has 5 heteroatoms. The van der Waals surface area contributed by atoms with Crippen molar-refractivity contribution in [3.63, 3.8) is 0 Å². The molecule has 4 nitrogen and oxygen atoms in total. The van der Waals surface area contributed by atoms with Crippen LogP contribution in [0.15, 0.2) is 30.3 Å². The van der Waals surface area contributed by atoms with E-state index in [0.717, 1.165) is 5.56 Å². The normalized spacial score (nSPS) is 11.4. The van der Waals surface area contributed by atoms with Gasteiger partial charge in [-0.25, -0.2) is 0 Å². The minimum absolute atomic E-state index is 0.137. The molecule has 0 saturated carbocycles. The molecule has 0 aliphatic carbocycles. The molecular weight excluding hydrogens is 203 g/mol. The third-order valence-electron chi connectivity index (χ3n) is 1.54. The largest absolute Gasteiger partial charge is 0.694 e. The highest BCUT2D eigenvalue weighted by molar-refractivity contribution is 7.32. The van der Waals surface area contributed by atoms with Crippen molar-refractivity contribution in [2.45, 2.75) is 6.61 Å². The minimum atomic E-state index is -2.50. The first-order valence-corrected chi connectivity index (χ1v) is 5.33. The fourth-order valence-corrected chi connectivity index (χ4v) is 1.17. The van der Waals surface area contributed by atoms with Gasteiger partial charge in [-0.3, -0.25) is 0 Å². The van der Waals surface area contributed by atoms with Gasteiger partial charge in [-0.1, -0.05) is 30.3 Å². The Bertz CT molecular complexity index is 275. The Hall–Kier alpha value is -0.800. The molecular formula is C9H12O4P+. The molecule has 0 radical (unpaired) electrons. The molecule has 1 unspecified atom stereocenters. The highest BCUT2D eigenvalue weighted by atomic mass is 31.1. The molecule has 0 spiro atoms. The lowest BCUT2D eigenvalue weighted by atomic mass is 10.2. The molecule has 0 saturated heterocycles. The van der Waals surface area contributed by atoms with Crippen LogP contribution in [-0.4, -0.2) is 18.1 Å². The summed E-state index contributed by atoms with van der Waals surface area (Å²) >= 11 is 0. The van der Waals surface area contributed by atoms with Gasteiger partial charge in [-0.05, 0) is 5.56 Å². The Morgan fingerprint density at radius 3 is 2.57 bits per heavy atom. The van der Waals surface area contributed by atoms with Gasteiger partial charge >= 0.3 is 8.25 Å². The van der Waals surface area contributed by atoms with E-state index in [1.54, 1.807) is 0 Å². The van der Waals surface area contributed by atoms with Crippen LogP contribution in [0.1, 0.15) is 5.56 Å². The first-order chi connectivity index (χ1) is 6.79. The molecule has 0 fully saturated rings. The van der Waals surface area contributed by atoms with Crippen LogP contribution in [0.5, 0.6) is 0 Å². The molecule has 14 heavy (non-hydrogen) atoms. The molecule has 0 heterocycles. The molecule has 76 valence electrons. The van der Waals surface area contributed by atoms with Gasteiger partial charge in [0.25, 0.3) is 0 Å².